The summed E-state index contributed by atoms with van der Waals surface area (Å²) in [4.78, 5) is 41.6. The summed E-state index contributed by atoms with van der Waals surface area (Å²) in [5, 5.41) is 0. The Morgan fingerprint density at radius 2 is 1.55 bits per heavy atom. The number of carbonyl (C=O) groups excluding carboxylic acids is 3. The van der Waals surface area contributed by atoms with Gasteiger partial charge in [-0.05, 0) is 88.9 Å². The first-order valence-corrected chi connectivity index (χ1v) is 12.4. The normalized spacial score (nSPS) is 18.3. The molecule has 0 aromatic heterocycles. The predicted molar refractivity (Wildman–Crippen MR) is 136 cm³/mol. The summed E-state index contributed by atoms with van der Waals surface area (Å²) in [6.45, 7) is 12.1. The van der Waals surface area contributed by atoms with E-state index < -0.39 is 40.8 Å². The van der Waals surface area contributed by atoms with Crippen molar-refractivity contribution in [2.24, 2.45) is 0 Å². The van der Waals surface area contributed by atoms with Crippen molar-refractivity contribution in [3.63, 3.8) is 0 Å². The number of urea groups is 1. The first-order chi connectivity index (χ1) is 17.6. The van der Waals surface area contributed by atoms with Gasteiger partial charge in [-0.15, -0.1) is 0 Å². The number of carbonyl (C=O) groups is 3. The quantitative estimate of drug-likeness (QED) is 0.299. The molecule has 1 heterocycles. The van der Waals surface area contributed by atoms with Gasteiger partial charge in [0.15, 0.2) is 5.60 Å². The molecule has 0 spiro atoms. The van der Waals surface area contributed by atoms with E-state index in [-0.39, 0.29) is 25.3 Å². The lowest BCUT2D eigenvalue weighted by Gasteiger charge is -2.30. The van der Waals surface area contributed by atoms with E-state index in [2.05, 4.69) is 0 Å². The lowest BCUT2D eigenvalue weighted by atomic mass is 9.96. The third-order valence-corrected chi connectivity index (χ3v) is 6.75. The zero-order valence-corrected chi connectivity index (χ0v) is 22.7. The molecule has 1 saturated heterocycles. The summed E-state index contributed by atoms with van der Waals surface area (Å²) in [7, 11) is 0. The van der Waals surface area contributed by atoms with Gasteiger partial charge in [0.05, 0.1) is 18.7 Å². The van der Waals surface area contributed by atoms with Crippen molar-refractivity contribution in [3.05, 3.63) is 58.7 Å². The number of ether oxygens (including phenoxy) is 2. The first-order valence-electron chi connectivity index (χ1n) is 12.4. The van der Waals surface area contributed by atoms with E-state index in [9.17, 15) is 27.6 Å². The molecule has 3 amide bonds. The fourth-order valence-corrected chi connectivity index (χ4v) is 4.53. The molecule has 206 valence electrons. The van der Waals surface area contributed by atoms with Crippen LogP contribution in [0.15, 0.2) is 36.4 Å². The number of rotatable bonds is 8. The molecule has 3 rings (SSSR count). The molecule has 0 N–H and O–H groups in total. The van der Waals surface area contributed by atoms with Crippen molar-refractivity contribution >= 4 is 23.6 Å². The lowest BCUT2D eigenvalue weighted by molar-refractivity contribution is -0.158. The molecule has 2 aromatic carbocycles. The summed E-state index contributed by atoms with van der Waals surface area (Å²) < 4.78 is 50.2. The summed E-state index contributed by atoms with van der Waals surface area (Å²) in [5.41, 5.74) is -1.04. The van der Waals surface area contributed by atoms with Crippen molar-refractivity contribution in [2.45, 2.75) is 78.7 Å². The number of esters is 1. The van der Waals surface area contributed by atoms with Crippen LogP contribution in [-0.2, 0) is 27.0 Å². The molecule has 38 heavy (non-hydrogen) atoms. The van der Waals surface area contributed by atoms with Crippen molar-refractivity contribution in [2.75, 3.05) is 11.5 Å². The van der Waals surface area contributed by atoms with Gasteiger partial charge in [0.25, 0.3) is 5.91 Å². The van der Waals surface area contributed by atoms with Gasteiger partial charge in [0.1, 0.15) is 11.3 Å². The average molecular weight is 535 g/mol. The molecule has 2 aromatic rings. The number of nitrogens with zero attached hydrogens (tertiary/aromatic N) is 2. The molecule has 1 fully saturated rings. The highest BCUT2D eigenvalue weighted by Gasteiger charge is 2.54. The number of amides is 3. The van der Waals surface area contributed by atoms with Crippen LogP contribution in [-0.4, -0.2) is 40.6 Å². The van der Waals surface area contributed by atoms with Gasteiger partial charge >= 0.3 is 18.2 Å². The topological polar surface area (TPSA) is 76.2 Å². The van der Waals surface area contributed by atoms with Crippen LogP contribution in [0.2, 0.25) is 0 Å². The Bertz CT molecular complexity index is 1220. The van der Waals surface area contributed by atoms with Crippen LogP contribution in [0.25, 0.3) is 0 Å². The van der Waals surface area contributed by atoms with Crippen LogP contribution in [0.4, 0.5) is 23.7 Å². The fraction of sp³-hybridized carbons (Fsp3) is 0.464. The molecule has 0 radical (unpaired) electrons. The number of hydrogen-bond acceptors (Lipinski definition) is 5. The van der Waals surface area contributed by atoms with Crippen molar-refractivity contribution in [1.29, 1.82) is 0 Å². The number of benzene rings is 2. The molecule has 1 unspecified atom stereocenters. The molecule has 0 saturated carbocycles. The van der Waals surface area contributed by atoms with Crippen LogP contribution >= 0.6 is 0 Å². The number of alkyl halides is 3. The molecule has 0 bridgehead atoms. The van der Waals surface area contributed by atoms with Gasteiger partial charge in [-0.3, -0.25) is 14.6 Å². The predicted octanol–water partition coefficient (Wildman–Crippen LogP) is 6.18. The van der Waals surface area contributed by atoms with E-state index in [1.165, 1.54) is 17.0 Å². The second kappa shape index (κ2) is 10.3. The lowest BCUT2D eigenvalue weighted by Crippen LogP contribution is -2.46. The van der Waals surface area contributed by atoms with Gasteiger partial charge in [-0.2, -0.15) is 13.2 Å². The standard InChI is InChI=1S/C28H33F3N2O5/c1-8-27(7)23(34)32(25(36)33(27)21-12-10-20(11-13-21)28(29,30)31)16-19-14-17(3)22(18(4)15-19)38-26(5,6)24(35)37-9-2/h10-15H,8-9,16H2,1-7H3. The highest BCUT2D eigenvalue weighted by Crippen LogP contribution is 2.39. The van der Waals surface area contributed by atoms with E-state index >= 15 is 0 Å². The maximum Gasteiger partial charge on any atom is 0.416 e. The molecule has 1 aliphatic rings. The van der Waals surface area contributed by atoms with Crippen LogP contribution in [0.5, 0.6) is 5.75 Å². The average Bonchev–Trinajstić information content (AvgIpc) is 3.02. The van der Waals surface area contributed by atoms with E-state index in [1.807, 2.05) is 0 Å². The van der Waals surface area contributed by atoms with Gasteiger partial charge in [-0.1, -0.05) is 19.1 Å². The SMILES string of the molecule is CCOC(=O)C(C)(C)Oc1c(C)cc(CN2C(=O)N(c3ccc(C(F)(F)F)cc3)C(C)(CC)C2=O)cc1C. The monoisotopic (exact) mass is 534 g/mol. The molecule has 0 aliphatic carbocycles. The molecular formula is C28H33F3N2O5. The van der Waals surface area contributed by atoms with Gasteiger partial charge < -0.3 is 9.47 Å². The number of halogens is 3. The Morgan fingerprint density at radius 1 is 1.00 bits per heavy atom. The highest BCUT2D eigenvalue weighted by molar-refractivity contribution is 6.16. The maximum absolute atomic E-state index is 13.5. The summed E-state index contributed by atoms with van der Waals surface area (Å²) >= 11 is 0. The van der Waals surface area contributed by atoms with Crippen LogP contribution in [0, 0.1) is 13.8 Å². The molecule has 10 heteroatoms. The summed E-state index contributed by atoms with van der Waals surface area (Å²) in [6, 6.07) is 7.14. The van der Waals surface area contributed by atoms with E-state index in [0.717, 1.165) is 17.0 Å². The Hall–Kier alpha value is -3.56. The minimum Gasteiger partial charge on any atom is -0.476 e. The molecular weight excluding hydrogens is 501 g/mol. The highest BCUT2D eigenvalue weighted by atomic mass is 19.4. The molecule has 7 nitrogen and oxygen atoms in total. The van der Waals surface area contributed by atoms with Crippen LogP contribution in [0.1, 0.15) is 63.3 Å². The van der Waals surface area contributed by atoms with E-state index in [4.69, 9.17) is 9.47 Å². The number of aryl methyl sites for hydroxylation is 2. The second-order valence-corrected chi connectivity index (χ2v) is 10.1. The van der Waals surface area contributed by atoms with Gasteiger partial charge in [-0.25, -0.2) is 9.59 Å². The number of imide groups is 1. The molecule has 1 atom stereocenters. The third kappa shape index (κ3) is 5.35. The minimum absolute atomic E-state index is 0.0341. The second-order valence-electron chi connectivity index (χ2n) is 10.1. The van der Waals surface area contributed by atoms with Crippen LogP contribution < -0.4 is 9.64 Å². The Morgan fingerprint density at radius 3 is 2.03 bits per heavy atom. The fourth-order valence-electron chi connectivity index (χ4n) is 4.53. The largest absolute Gasteiger partial charge is 0.476 e. The Kier molecular flexibility index (Phi) is 7.86. The smallest absolute Gasteiger partial charge is 0.416 e. The third-order valence-electron chi connectivity index (χ3n) is 6.75. The molecule has 1 aliphatic heterocycles. The summed E-state index contributed by atoms with van der Waals surface area (Å²) in [5.74, 6) is -0.446. The van der Waals surface area contributed by atoms with E-state index in [0.29, 0.717) is 22.4 Å². The number of hydrogen-bond donors (Lipinski definition) is 0. The van der Waals surface area contributed by atoms with E-state index in [1.54, 1.807) is 60.6 Å². The maximum atomic E-state index is 13.5. The summed E-state index contributed by atoms with van der Waals surface area (Å²) in [6.07, 6.45) is -4.25. The van der Waals surface area contributed by atoms with Crippen molar-refractivity contribution in [1.82, 2.24) is 4.90 Å². The zero-order chi connectivity index (χ0) is 28.6. The Balaban J connectivity index is 1.90. The number of anilines is 1. The van der Waals surface area contributed by atoms with Gasteiger partial charge in [0.2, 0.25) is 0 Å². The van der Waals surface area contributed by atoms with Crippen molar-refractivity contribution < 1.29 is 37.0 Å². The first kappa shape index (κ1) is 29.0. The Labute approximate surface area is 220 Å². The van der Waals surface area contributed by atoms with Crippen LogP contribution in [0.3, 0.4) is 0 Å². The zero-order valence-electron chi connectivity index (χ0n) is 22.7. The minimum atomic E-state index is -4.51. The van der Waals surface area contributed by atoms with Crippen molar-refractivity contribution in [3.8, 4) is 5.75 Å². The van der Waals surface area contributed by atoms with Gasteiger partial charge in [0, 0.05) is 5.69 Å².